The number of aromatic carboxylic acids is 1. The van der Waals surface area contributed by atoms with E-state index in [1.165, 1.54) is 23.9 Å². The second-order valence-electron chi connectivity index (χ2n) is 2.75. The van der Waals surface area contributed by atoms with Crippen LogP contribution in [0.15, 0.2) is 23.1 Å². The molecule has 0 radical (unpaired) electrons. The molecule has 0 bridgehead atoms. The number of pyridine rings is 1. The predicted octanol–water partition coefficient (Wildman–Crippen LogP) is 0.193. The lowest BCUT2D eigenvalue weighted by atomic mass is 10.3. The summed E-state index contributed by atoms with van der Waals surface area (Å²) in [6.07, 6.45) is 1.45. The minimum absolute atomic E-state index is 0.00340. The zero-order valence-electron chi connectivity index (χ0n) is 7.77. The lowest BCUT2D eigenvalue weighted by Gasteiger charge is -2.04. The lowest BCUT2D eigenvalue weighted by molar-refractivity contribution is 0.0696. The number of ether oxygens (including phenoxy) is 1. The number of nitrogens with zero attached hydrogens (tertiary/aromatic N) is 1. The molecule has 0 saturated carbocycles. The Labute approximate surface area is 80.6 Å². The standard InChI is InChI=1S/C9H11NO4/c1-14-5-4-10-3-2-7(9(12)13)6-8(10)11/h2-3,6H,4-5H2,1H3,(H,12,13). The first-order valence-electron chi connectivity index (χ1n) is 4.08. The van der Waals surface area contributed by atoms with E-state index in [1.54, 1.807) is 0 Å². The van der Waals surface area contributed by atoms with Crippen molar-refractivity contribution >= 4 is 5.97 Å². The van der Waals surface area contributed by atoms with Gasteiger partial charge in [-0.1, -0.05) is 0 Å². The topological polar surface area (TPSA) is 68.5 Å². The van der Waals surface area contributed by atoms with Gasteiger partial charge in [0.2, 0.25) is 0 Å². The normalized spacial score (nSPS) is 10.1. The maximum atomic E-state index is 11.3. The number of aromatic nitrogens is 1. The minimum atomic E-state index is -1.10. The Morgan fingerprint density at radius 1 is 1.64 bits per heavy atom. The smallest absolute Gasteiger partial charge is 0.335 e. The summed E-state index contributed by atoms with van der Waals surface area (Å²) >= 11 is 0. The Morgan fingerprint density at radius 3 is 2.86 bits per heavy atom. The molecule has 1 aromatic heterocycles. The van der Waals surface area contributed by atoms with Crippen molar-refractivity contribution in [2.75, 3.05) is 13.7 Å². The summed E-state index contributed by atoms with van der Waals surface area (Å²) in [5.41, 5.74) is -0.328. The first-order valence-corrected chi connectivity index (χ1v) is 4.08. The summed E-state index contributed by atoms with van der Waals surface area (Å²) in [6.45, 7) is 0.849. The molecule has 0 spiro atoms. The third-order valence-electron chi connectivity index (χ3n) is 1.78. The SMILES string of the molecule is COCCn1ccc(C(=O)O)cc1=O. The lowest BCUT2D eigenvalue weighted by Crippen LogP contribution is -2.22. The van der Waals surface area contributed by atoms with Crippen LogP contribution in [0.1, 0.15) is 10.4 Å². The van der Waals surface area contributed by atoms with Crippen LogP contribution in [0.5, 0.6) is 0 Å². The zero-order chi connectivity index (χ0) is 10.6. The fraction of sp³-hybridized carbons (Fsp3) is 0.333. The average molecular weight is 197 g/mol. The summed E-state index contributed by atoms with van der Waals surface area (Å²) in [4.78, 5) is 21.8. The molecule has 14 heavy (non-hydrogen) atoms. The van der Waals surface area contributed by atoms with E-state index in [0.29, 0.717) is 13.2 Å². The van der Waals surface area contributed by atoms with Gasteiger partial charge in [-0.05, 0) is 6.07 Å². The van der Waals surface area contributed by atoms with E-state index in [4.69, 9.17) is 9.84 Å². The molecule has 1 rings (SSSR count). The molecule has 76 valence electrons. The fourth-order valence-electron chi connectivity index (χ4n) is 1.02. The van der Waals surface area contributed by atoms with Crippen LogP contribution in [-0.2, 0) is 11.3 Å². The average Bonchev–Trinajstić information content (AvgIpc) is 2.15. The van der Waals surface area contributed by atoms with Gasteiger partial charge in [0.05, 0.1) is 12.2 Å². The first kappa shape index (κ1) is 10.5. The van der Waals surface area contributed by atoms with Crippen LogP contribution in [0.4, 0.5) is 0 Å². The monoisotopic (exact) mass is 197 g/mol. The molecule has 0 saturated heterocycles. The summed E-state index contributed by atoms with van der Waals surface area (Å²) in [5.74, 6) is -1.10. The first-order chi connectivity index (χ1) is 6.65. The summed E-state index contributed by atoms with van der Waals surface area (Å²) < 4.78 is 6.20. The van der Waals surface area contributed by atoms with Gasteiger partial charge in [0.25, 0.3) is 5.56 Å². The van der Waals surface area contributed by atoms with Crippen LogP contribution in [0.3, 0.4) is 0 Å². The highest BCUT2D eigenvalue weighted by molar-refractivity contribution is 5.87. The summed E-state index contributed by atoms with van der Waals surface area (Å²) in [7, 11) is 1.54. The van der Waals surface area contributed by atoms with Gasteiger partial charge in [0.15, 0.2) is 0 Å². The molecule has 1 N–H and O–H groups in total. The van der Waals surface area contributed by atoms with Gasteiger partial charge in [0.1, 0.15) is 0 Å². The number of rotatable bonds is 4. The molecule has 0 aliphatic carbocycles. The van der Waals surface area contributed by atoms with Crippen molar-refractivity contribution in [3.8, 4) is 0 Å². The van der Waals surface area contributed by atoms with Crippen LogP contribution in [-0.4, -0.2) is 29.4 Å². The van der Waals surface area contributed by atoms with Crippen LogP contribution >= 0.6 is 0 Å². The maximum absolute atomic E-state index is 11.3. The van der Waals surface area contributed by atoms with Gasteiger partial charge in [0, 0.05) is 25.9 Å². The van der Waals surface area contributed by atoms with E-state index >= 15 is 0 Å². The predicted molar refractivity (Wildman–Crippen MR) is 49.5 cm³/mol. The third-order valence-corrected chi connectivity index (χ3v) is 1.78. The quantitative estimate of drug-likeness (QED) is 0.748. The van der Waals surface area contributed by atoms with Crippen molar-refractivity contribution in [2.45, 2.75) is 6.54 Å². The molecule has 0 aromatic carbocycles. The van der Waals surface area contributed by atoms with Gasteiger partial charge < -0.3 is 14.4 Å². The number of carbonyl (C=O) groups is 1. The maximum Gasteiger partial charge on any atom is 0.335 e. The molecular weight excluding hydrogens is 186 g/mol. The molecule has 0 aliphatic heterocycles. The third kappa shape index (κ3) is 2.43. The van der Waals surface area contributed by atoms with Gasteiger partial charge in [-0.2, -0.15) is 0 Å². The Balaban J connectivity index is 2.90. The summed E-state index contributed by atoms with van der Waals surface area (Å²) in [5, 5.41) is 8.60. The van der Waals surface area contributed by atoms with E-state index < -0.39 is 5.97 Å². The molecule has 0 unspecified atom stereocenters. The number of carboxylic acids is 1. The highest BCUT2D eigenvalue weighted by Gasteiger charge is 2.04. The molecule has 5 heteroatoms. The minimum Gasteiger partial charge on any atom is -0.478 e. The second-order valence-corrected chi connectivity index (χ2v) is 2.75. The van der Waals surface area contributed by atoms with Gasteiger partial charge in [-0.15, -0.1) is 0 Å². The van der Waals surface area contributed by atoms with E-state index in [9.17, 15) is 9.59 Å². The highest BCUT2D eigenvalue weighted by Crippen LogP contribution is 1.94. The van der Waals surface area contributed by atoms with Crippen molar-refractivity contribution in [3.63, 3.8) is 0 Å². The van der Waals surface area contributed by atoms with Crippen LogP contribution in [0, 0.1) is 0 Å². The Bertz CT molecular complexity index is 383. The molecule has 1 aromatic rings. The van der Waals surface area contributed by atoms with Crippen molar-refractivity contribution in [1.29, 1.82) is 0 Å². The van der Waals surface area contributed by atoms with E-state index in [-0.39, 0.29) is 11.1 Å². The molecule has 0 amide bonds. The van der Waals surface area contributed by atoms with Gasteiger partial charge in [-0.3, -0.25) is 4.79 Å². The van der Waals surface area contributed by atoms with Crippen molar-refractivity contribution in [3.05, 3.63) is 34.2 Å². The summed E-state index contributed by atoms with van der Waals surface area (Å²) in [6, 6.07) is 2.48. The van der Waals surface area contributed by atoms with E-state index in [2.05, 4.69) is 0 Å². The van der Waals surface area contributed by atoms with Gasteiger partial charge >= 0.3 is 5.97 Å². The fourth-order valence-corrected chi connectivity index (χ4v) is 1.02. The van der Waals surface area contributed by atoms with Crippen molar-refractivity contribution < 1.29 is 14.6 Å². The Morgan fingerprint density at radius 2 is 2.36 bits per heavy atom. The molecule has 0 fully saturated rings. The number of hydrogen-bond acceptors (Lipinski definition) is 3. The number of carboxylic acid groups (broad SMARTS) is 1. The molecule has 5 nitrogen and oxygen atoms in total. The number of methoxy groups -OCH3 is 1. The van der Waals surface area contributed by atoms with Crippen molar-refractivity contribution in [2.24, 2.45) is 0 Å². The van der Waals surface area contributed by atoms with Crippen LogP contribution in [0.25, 0.3) is 0 Å². The largest absolute Gasteiger partial charge is 0.478 e. The second kappa shape index (κ2) is 4.57. The molecule has 0 aliphatic rings. The molecular formula is C9H11NO4. The van der Waals surface area contributed by atoms with E-state index in [1.807, 2.05) is 0 Å². The Kier molecular flexibility index (Phi) is 3.41. The molecule has 0 atom stereocenters. The highest BCUT2D eigenvalue weighted by atomic mass is 16.5. The van der Waals surface area contributed by atoms with Crippen molar-refractivity contribution in [1.82, 2.24) is 4.57 Å². The van der Waals surface area contributed by atoms with Crippen LogP contribution < -0.4 is 5.56 Å². The van der Waals surface area contributed by atoms with E-state index in [0.717, 1.165) is 6.07 Å². The number of hydrogen-bond donors (Lipinski definition) is 1. The van der Waals surface area contributed by atoms with Gasteiger partial charge in [-0.25, -0.2) is 4.79 Å². The Hall–Kier alpha value is -1.62. The molecule has 1 heterocycles. The van der Waals surface area contributed by atoms with Crippen LogP contribution in [0.2, 0.25) is 0 Å². The zero-order valence-corrected chi connectivity index (χ0v) is 7.77.